The normalized spacial score (nSPS) is 12.3. The Labute approximate surface area is 330 Å². The van der Waals surface area contributed by atoms with Crippen molar-refractivity contribution in [3.8, 4) is 0 Å². The molecule has 16 nitrogen and oxygen atoms in total. The molecule has 0 aromatic carbocycles. The van der Waals surface area contributed by atoms with Gasteiger partial charge in [0, 0.05) is 6.42 Å². The van der Waals surface area contributed by atoms with Crippen LogP contribution in [0.3, 0.4) is 0 Å². The summed E-state index contributed by atoms with van der Waals surface area (Å²) in [4.78, 5) is 11.9. The van der Waals surface area contributed by atoms with Crippen LogP contribution >= 0.6 is 0 Å². The fourth-order valence-electron chi connectivity index (χ4n) is 4.23. The van der Waals surface area contributed by atoms with E-state index in [1.165, 1.54) is 25.7 Å². The molecule has 0 fully saturated rings. The van der Waals surface area contributed by atoms with E-state index in [1.54, 1.807) is 0 Å². The zero-order valence-corrected chi connectivity index (χ0v) is 34.1. The first kappa shape index (κ1) is 53.2. The van der Waals surface area contributed by atoms with Crippen molar-refractivity contribution < 1.29 is 69.0 Å². The SMILES string of the molecule is CCCC/C=C/C=C/C=C\CCCCCCCC(=O)OCCOCCOCCOCCOCCOCCOCCOCCOCCOCCOS(=O)(=O)ON. The molecule has 0 aromatic rings. The minimum atomic E-state index is -4.15. The van der Waals surface area contributed by atoms with Gasteiger partial charge in [0.05, 0.1) is 126 Å². The van der Waals surface area contributed by atoms with Crippen LogP contribution in [0.5, 0.6) is 0 Å². The highest BCUT2D eigenvalue weighted by Crippen LogP contribution is 2.08. The second-order valence-corrected chi connectivity index (χ2v) is 13.0. The molecule has 0 unspecified atom stereocenters. The highest BCUT2D eigenvalue weighted by atomic mass is 32.3. The Hall–Kier alpha value is -1.84. The summed E-state index contributed by atoms with van der Waals surface area (Å²) in [5.41, 5.74) is 0. The van der Waals surface area contributed by atoms with Gasteiger partial charge in [-0.25, -0.2) is 4.18 Å². The average molecular weight is 814 g/mol. The first-order valence-electron chi connectivity index (χ1n) is 19.6. The van der Waals surface area contributed by atoms with Crippen molar-refractivity contribution in [1.82, 2.24) is 0 Å². The quantitative estimate of drug-likeness (QED) is 0.0394. The third kappa shape index (κ3) is 46.4. The van der Waals surface area contributed by atoms with Crippen molar-refractivity contribution in [1.29, 1.82) is 0 Å². The minimum absolute atomic E-state index is 0.0578. The fourth-order valence-corrected chi connectivity index (χ4v) is 4.56. The topological polar surface area (TPSA) is 188 Å². The molecular formula is C38H71NO15S. The molecule has 2 N–H and O–H groups in total. The Kier molecular flexibility index (Phi) is 43.4. The molecule has 0 aliphatic carbocycles. The third-order valence-corrected chi connectivity index (χ3v) is 7.81. The van der Waals surface area contributed by atoms with E-state index in [9.17, 15) is 13.2 Å². The molecule has 0 radical (unpaired) electrons. The highest BCUT2D eigenvalue weighted by molar-refractivity contribution is 7.81. The van der Waals surface area contributed by atoms with Crippen LogP contribution in [-0.4, -0.2) is 147 Å². The number of rotatable bonds is 45. The number of carbonyl (C=O) groups is 1. The maximum Gasteiger partial charge on any atom is 0.415 e. The van der Waals surface area contributed by atoms with Gasteiger partial charge in [-0.15, -0.1) is 0 Å². The Morgan fingerprint density at radius 2 is 0.800 bits per heavy atom. The summed E-state index contributed by atoms with van der Waals surface area (Å²) in [7, 11) is -4.15. The van der Waals surface area contributed by atoms with E-state index in [1.807, 2.05) is 0 Å². The Balaban J connectivity index is 3.20. The lowest BCUT2D eigenvalue weighted by atomic mass is 10.1. The number of unbranched alkanes of at least 4 members (excludes halogenated alkanes) is 7. The number of allylic oxidation sites excluding steroid dienone is 6. The van der Waals surface area contributed by atoms with E-state index in [2.05, 4.69) is 57.7 Å². The van der Waals surface area contributed by atoms with Crippen molar-refractivity contribution >= 4 is 16.4 Å². The first-order valence-corrected chi connectivity index (χ1v) is 21.0. The largest absolute Gasteiger partial charge is 0.463 e. The maximum absolute atomic E-state index is 11.9. The molecule has 0 saturated heterocycles. The van der Waals surface area contributed by atoms with Crippen molar-refractivity contribution in [3.05, 3.63) is 36.5 Å². The van der Waals surface area contributed by atoms with Gasteiger partial charge in [0.15, 0.2) is 0 Å². The third-order valence-electron chi connectivity index (χ3n) is 7.12. The van der Waals surface area contributed by atoms with Gasteiger partial charge in [-0.3, -0.25) is 4.79 Å². The van der Waals surface area contributed by atoms with E-state index in [0.29, 0.717) is 112 Å². The van der Waals surface area contributed by atoms with Gasteiger partial charge in [-0.05, 0) is 25.7 Å². The summed E-state index contributed by atoms with van der Waals surface area (Å²) in [5.74, 6) is 4.36. The summed E-state index contributed by atoms with van der Waals surface area (Å²) in [6.07, 6.45) is 23.4. The van der Waals surface area contributed by atoms with Crippen LogP contribution in [0.1, 0.15) is 71.1 Å². The fraction of sp³-hybridized carbons (Fsp3) is 0.816. The summed E-state index contributed by atoms with van der Waals surface area (Å²) in [5, 5.41) is 0. The van der Waals surface area contributed by atoms with Gasteiger partial charge in [0.1, 0.15) is 6.61 Å². The standard InChI is InChI=1S/C38H71NO15S/c1-2-3-4-5-6-7-8-9-10-11-12-13-14-15-16-17-38(40)52-36-34-50-32-30-48-28-26-46-24-22-44-20-18-43-19-21-45-23-25-47-27-29-49-31-33-51-35-37-53-55(41,42)54-39/h5-10H,2-4,11-37,39H2,1H3/b6-5+,8-7+,10-9-. The monoisotopic (exact) mass is 813 g/mol. The summed E-state index contributed by atoms with van der Waals surface area (Å²) >= 11 is 0. The summed E-state index contributed by atoms with van der Waals surface area (Å²) < 4.78 is 83.5. The zero-order valence-electron chi connectivity index (χ0n) is 33.3. The van der Waals surface area contributed by atoms with Gasteiger partial charge < -0.3 is 47.4 Å². The van der Waals surface area contributed by atoms with Crippen LogP contribution < -0.4 is 5.90 Å². The first-order chi connectivity index (χ1) is 27.0. The molecule has 0 aliphatic rings. The lowest BCUT2D eigenvalue weighted by molar-refractivity contribution is -0.145. The van der Waals surface area contributed by atoms with Crippen LogP contribution in [0.15, 0.2) is 36.5 Å². The molecule has 0 saturated carbocycles. The number of carbonyl (C=O) groups excluding carboxylic acids is 1. The van der Waals surface area contributed by atoms with E-state index in [-0.39, 0.29) is 32.4 Å². The lowest BCUT2D eigenvalue weighted by Crippen LogP contribution is -2.18. The van der Waals surface area contributed by atoms with Crippen LogP contribution in [0, 0.1) is 0 Å². The lowest BCUT2D eigenvalue weighted by Gasteiger charge is -2.09. The van der Waals surface area contributed by atoms with Crippen molar-refractivity contribution in [2.45, 2.75) is 71.1 Å². The van der Waals surface area contributed by atoms with Crippen LogP contribution in [-0.2, 0) is 71.0 Å². The molecule has 324 valence electrons. The van der Waals surface area contributed by atoms with Crippen LogP contribution in [0.25, 0.3) is 0 Å². The highest BCUT2D eigenvalue weighted by Gasteiger charge is 2.08. The maximum atomic E-state index is 11.9. The van der Waals surface area contributed by atoms with E-state index in [0.717, 1.165) is 32.1 Å². The molecule has 0 rings (SSSR count). The van der Waals surface area contributed by atoms with Crippen molar-refractivity contribution in [2.75, 3.05) is 132 Å². The van der Waals surface area contributed by atoms with Gasteiger partial charge in [-0.2, -0.15) is 18.6 Å². The van der Waals surface area contributed by atoms with E-state index in [4.69, 9.17) is 47.4 Å². The molecular weight excluding hydrogens is 742 g/mol. The molecule has 0 heterocycles. The van der Waals surface area contributed by atoms with Crippen LogP contribution in [0.2, 0.25) is 0 Å². The number of ether oxygens (including phenoxy) is 10. The number of nitrogens with two attached hydrogens (primary N) is 1. The van der Waals surface area contributed by atoms with Gasteiger partial charge >= 0.3 is 16.4 Å². The predicted octanol–water partition coefficient (Wildman–Crippen LogP) is 4.42. The number of esters is 1. The van der Waals surface area contributed by atoms with E-state index < -0.39 is 10.4 Å². The molecule has 0 aromatic heterocycles. The number of hydrogen-bond acceptors (Lipinski definition) is 16. The second-order valence-electron chi connectivity index (χ2n) is 11.7. The van der Waals surface area contributed by atoms with Gasteiger partial charge in [0.2, 0.25) is 0 Å². The minimum Gasteiger partial charge on any atom is -0.463 e. The van der Waals surface area contributed by atoms with Gasteiger partial charge in [-0.1, -0.05) is 75.5 Å². The van der Waals surface area contributed by atoms with Crippen LogP contribution in [0.4, 0.5) is 0 Å². The molecule has 0 bridgehead atoms. The summed E-state index contributed by atoms with van der Waals surface area (Å²) in [6.45, 7) is 9.57. The Bertz CT molecular complexity index is 998. The van der Waals surface area contributed by atoms with E-state index >= 15 is 0 Å². The Morgan fingerprint density at radius 1 is 0.455 bits per heavy atom. The molecule has 0 aliphatic heterocycles. The second kappa shape index (κ2) is 44.9. The molecule has 0 spiro atoms. The molecule has 0 atom stereocenters. The molecule has 0 amide bonds. The Morgan fingerprint density at radius 3 is 1.20 bits per heavy atom. The average Bonchev–Trinajstić information content (AvgIpc) is 3.18. The van der Waals surface area contributed by atoms with Crippen molar-refractivity contribution in [3.63, 3.8) is 0 Å². The zero-order chi connectivity index (χ0) is 40.0. The predicted molar refractivity (Wildman–Crippen MR) is 208 cm³/mol. The number of hydrogen-bond donors (Lipinski definition) is 1. The smallest absolute Gasteiger partial charge is 0.415 e. The van der Waals surface area contributed by atoms with Gasteiger partial charge in [0.25, 0.3) is 0 Å². The molecule has 17 heteroatoms. The molecule has 55 heavy (non-hydrogen) atoms. The summed E-state index contributed by atoms with van der Waals surface area (Å²) in [6, 6.07) is 0. The van der Waals surface area contributed by atoms with Crippen molar-refractivity contribution in [2.24, 2.45) is 5.90 Å².